The number of likely N-dealkylation sites (tertiary alicyclic amines) is 1. The Kier molecular flexibility index (Phi) is 4.97. The molecule has 1 atom stereocenters. The number of hydrogen-bond donors (Lipinski definition) is 1. The van der Waals surface area contributed by atoms with E-state index in [2.05, 4.69) is 15.1 Å². The zero-order valence-electron chi connectivity index (χ0n) is 16.9. The SMILES string of the molecule is CC(=O)N1CCc2c(nc(C3CCCN3C(=O)c3cc(C(C)C)no3)[nH]c2=O)C1. The van der Waals surface area contributed by atoms with Gasteiger partial charge in [-0.15, -0.1) is 0 Å². The summed E-state index contributed by atoms with van der Waals surface area (Å²) in [6, 6.07) is 1.34. The van der Waals surface area contributed by atoms with Crippen molar-refractivity contribution < 1.29 is 14.1 Å². The summed E-state index contributed by atoms with van der Waals surface area (Å²) in [6.07, 6.45) is 2.00. The molecule has 9 nitrogen and oxygen atoms in total. The van der Waals surface area contributed by atoms with Gasteiger partial charge in [-0.25, -0.2) is 4.98 Å². The molecule has 4 rings (SSSR count). The third-order valence-corrected chi connectivity index (χ3v) is 5.70. The van der Waals surface area contributed by atoms with Crippen LogP contribution in [-0.4, -0.2) is 49.8 Å². The summed E-state index contributed by atoms with van der Waals surface area (Å²) in [5, 5.41) is 3.97. The van der Waals surface area contributed by atoms with Crippen LogP contribution in [0.5, 0.6) is 0 Å². The largest absolute Gasteiger partial charge is 0.351 e. The Morgan fingerprint density at radius 2 is 2.10 bits per heavy atom. The molecular weight excluding hydrogens is 374 g/mol. The average Bonchev–Trinajstić information content (AvgIpc) is 3.36. The van der Waals surface area contributed by atoms with Crippen molar-refractivity contribution in [3.8, 4) is 0 Å². The van der Waals surface area contributed by atoms with E-state index >= 15 is 0 Å². The maximum Gasteiger partial charge on any atom is 0.293 e. The Morgan fingerprint density at radius 1 is 1.31 bits per heavy atom. The molecule has 0 aliphatic carbocycles. The van der Waals surface area contributed by atoms with E-state index in [0.717, 1.165) is 12.1 Å². The Balaban J connectivity index is 1.63. The zero-order valence-corrected chi connectivity index (χ0v) is 16.9. The van der Waals surface area contributed by atoms with E-state index in [9.17, 15) is 14.4 Å². The highest BCUT2D eigenvalue weighted by Gasteiger charge is 2.35. The topological polar surface area (TPSA) is 112 Å². The minimum atomic E-state index is -0.333. The molecule has 154 valence electrons. The first-order valence-electron chi connectivity index (χ1n) is 10.00. The van der Waals surface area contributed by atoms with Crippen molar-refractivity contribution in [1.29, 1.82) is 0 Å². The maximum atomic E-state index is 13.0. The molecule has 2 aromatic heterocycles. The van der Waals surface area contributed by atoms with Gasteiger partial charge in [0.1, 0.15) is 5.82 Å². The number of nitrogens with one attached hydrogen (secondary N) is 1. The van der Waals surface area contributed by atoms with Gasteiger partial charge in [-0.1, -0.05) is 19.0 Å². The number of hydrogen-bond acceptors (Lipinski definition) is 6. The van der Waals surface area contributed by atoms with E-state index in [-0.39, 0.29) is 35.1 Å². The fourth-order valence-corrected chi connectivity index (χ4v) is 3.98. The van der Waals surface area contributed by atoms with Gasteiger partial charge in [0.05, 0.1) is 24.0 Å². The molecule has 9 heteroatoms. The molecule has 0 bridgehead atoms. The predicted molar refractivity (Wildman–Crippen MR) is 103 cm³/mol. The number of aromatic amines is 1. The molecule has 2 amide bonds. The minimum absolute atomic E-state index is 0.0387. The first-order valence-corrected chi connectivity index (χ1v) is 10.00. The van der Waals surface area contributed by atoms with Crippen LogP contribution in [0.25, 0.3) is 0 Å². The molecule has 4 heterocycles. The zero-order chi connectivity index (χ0) is 20.7. The Hall–Kier alpha value is -2.97. The smallest absolute Gasteiger partial charge is 0.293 e. The number of rotatable bonds is 3. The second-order valence-electron chi connectivity index (χ2n) is 7.99. The number of carbonyl (C=O) groups excluding carboxylic acids is 2. The van der Waals surface area contributed by atoms with E-state index in [1.165, 1.54) is 6.92 Å². The molecule has 2 aromatic rings. The van der Waals surface area contributed by atoms with Crippen LogP contribution in [0, 0.1) is 0 Å². The molecule has 29 heavy (non-hydrogen) atoms. The first-order chi connectivity index (χ1) is 13.8. The highest BCUT2D eigenvalue weighted by molar-refractivity contribution is 5.92. The molecular formula is C20H25N5O4. The van der Waals surface area contributed by atoms with Crippen LogP contribution in [0.15, 0.2) is 15.4 Å². The molecule has 2 aliphatic rings. The standard InChI is InChI=1S/C20H25N5O4/c1-11(2)14-9-17(29-23-14)20(28)25-7-4-5-16(25)18-21-15-10-24(12(3)26)8-6-13(15)19(27)22-18/h9,11,16H,4-8,10H2,1-3H3,(H,21,22,27). The number of amides is 2. The van der Waals surface area contributed by atoms with Gasteiger partial charge in [0, 0.05) is 31.6 Å². The summed E-state index contributed by atoms with van der Waals surface area (Å²) in [5.41, 5.74) is 1.79. The van der Waals surface area contributed by atoms with Gasteiger partial charge in [0.2, 0.25) is 11.7 Å². The molecule has 2 aliphatic heterocycles. The second kappa shape index (κ2) is 7.46. The third kappa shape index (κ3) is 3.56. The van der Waals surface area contributed by atoms with Gasteiger partial charge >= 0.3 is 0 Å². The number of fused-ring (bicyclic) bond motifs is 1. The molecule has 0 radical (unpaired) electrons. The minimum Gasteiger partial charge on any atom is -0.351 e. The van der Waals surface area contributed by atoms with E-state index in [1.54, 1.807) is 15.9 Å². The summed E-state index contributed by atoms with van der Waals surface area (Å²) in [7, 11) is 0. The lowest BCUT2D eigenvalue weighted by Crippen LogP contribution is -2.39. The maximum absolute atomic E-state index is 13.0. The van der Waals surface area contributed by atoms with E-state index in [4.69, 9.17) is 4.52 Å². The van der Waals surface area contributed by atoms with Crippen LogP contribution in [-0.2, 0) is 17.8 Å². The number of nitrogens with zero attached hydrogens (tertiary/aromatic N) is 4. The van der Waals surface area contributed by atoms with Crippen molar-refractivity contribution in [1.82, 2.24) is 24.9 Å². The Labute approximate surface area is 168 Å². The molecule has 1 N–H and O–H groups in total. The van der Waals surface area contributed by atoms with Crippen molar-refractivity contribution in [3.05, 3.63) is 45.0 Å². The number of carbonyl (C=O) groups is 2. The molecule has 1 unspecified atom stereocenters. The molecule has 0 aromatic carbocycles. The summed E-state index contributed by atoms with van der Waals surface area (Å²) >= 11 is 0. The van der Waals surface area contributed by atoms with Crippen LogP contribution >= 0.6 is 0 Å². The van der Waals surface area contributed by atoms with E-state index in [1.807, 2.05) is 13.8 Å². The Morgan fingerprint density at radius 3 is 2.79 bits per heavy atom. The van der Waals surface area contributed by atoms with Gasteiger partial charge in [-0.05, 0) is 25.2 Å². The van der Waals surface area contributed by atoms with Crippen molar-refractivity contribution in [2.45, 2.75) is 58.5 Å². The fourth-order valence-electron chi connectivity index (χ4n) is 3.98. The predicted octanol–water partition coefficient (Wildman–Crippen LogP) is 1.76. The van der Waals surface area contributed by atoms with Crippen molar-refractivity contribution in [2.75, 3.05) is 13.1 Å². The molecule has 0 saturated carbocycles. The Bertz CT molecular complexity index is 1010. The lowest BCUT2D eigenvalue weighted by Gasteiger charge is -2.28. The van der Waals surface area contributed by atoms with Gasteiger partial charge < -0.3 is 19.3 Å². The summed E-state index contributed by atoms with van der Waals surface area (Å²) in [5.74, 6) is 0.538. The third-order valence-electron chi connectivity index (χ3n) is 5.70. The fraction of sp³-hybridized carbons (Fsp3) is 0.550. The lowest BCUT2D eigenvalue weighted by atomic mass is 10.1. The van der Waals surface area contributed by atoms with E-state index in [0.29, 0.717) is 49.6 Å². The van der Waals surface area contributed by atoms with Crippen molar-refractivity contribution in [3.63, 3.8) is 0 Å². The van der Waals surface area contributed by atoms with Gasteiger partial charge in [-0.3, -0.25) is 14.4 Å². The van der Waals surface area contributed by atoms with Crippen LogP contribution in [0.1, 0.15) is 78.9 Å². The first kappa shape index (κ1) is 19.4. The van der Waals surface area contributed by atoms with Crippen LogP contribution in [0.3, 0.4) is 0 Å². The van der Waals surface area contributed by atoms with Gasteiger partial charge in [0.15, 0.2) is 0 Å². The summed E-state index contributed by atoms with van der Waals surface area (Å²) < 4.78 is 5.26. The second-order valence-corrected chi connectivity index (χ2v) is 7.99. The quantitative estimate of drug-likeness (QED) is 0.842. The number of aromatic nitrogens is 3. The van der Waals surface area contributed by atoms with Gasteiger partial charge in [-0.2, -0.15) is 0 Å². The molecule has 1 fully saturated rings. The highest BCUT2D eigenvalue weighted by atomic mass is 16.5. The van der Waals surface area contributed by atoms with Crippen LogP contribution in [0.2, 0.25) is 0 Å². The summed E-state index contributed by atoms with van der Waals surface area (Å²) in [6.45, 7) is 6.88. The van der Waals surface area contributed by atoms with Crippen LogP contribution < -0.4 is 5.56 Å². The molecule has 1 saturated heterocycles. The monoisotopic (exact) mass is 399 g/mol. The average molecular weight is 399 g/mol. The lowest BCUT2D eigenvalue weighted by molar-refractivity contribution is -0.129. The summed E-state index contributed by atoms with van der Waals surface area (Å²) in [4.78, 5) is 48.2. The normalized spacial score (nSPS) is 19.0. The number of H-pyrrole nitrogens is 1. The van der Waals surface area contributed by atoms with E-state index < -0.39 is 0 Å². The van der Waals surface area contributed by atoms with Crippen molar-refractivity contribution >= 4 is 11.8 Å². The molecule has 0 spiro atoms. The van der Waals surface area contributed by atoms with Crippen molar-refractivity contribution in [2.24, 2.45) is 0 Å². The van der Waals surface area contributed by atoms with Gasteiger partial charge in [0.25, 0.3) is 11.5 Å². The highest BCUT2D eigenvalue weighted by Crippen LogP contribution is 2.32. The van der Waals surface area contributed by atoms with Crippen LogP contribution in [0.4, 0.5) is 0 Å².